The Morgan fingerprint density at radius 1 is 1.11 bits per heavy atom. The second-order valence-corrected chi connectivity index (χ2v) is 6.42. The van der Waals surface area contributed by atoms with Crippen molar-refractivity contribution in [3.05, 3.63) is 76.6 Å². The summed E-state index contributed by atoms with van der Waals surface area (Å²) in [5, 5.41) is 0. The van der Waals surface area contributed by atoms with Crippen molar-refractivity contribution in [2.75, 3.05) is 0 Å². The molecule has 0 radical (unpaired) electrons. The molecule has 0 saturated carbocycles. The van der Waals surface area contributed by atoms with E-state index in [1.165, 1.54) is 21.1 Å². The summed E-state index contributed by atoms with van der Waals surface area (Å²) in [6.07, 6.45) is 15.9. The van der Waals surface area contributed by atoms with Crippen molar-refractivity contribution >= 4 is 10.9 Å². The van der Waals surface area contributed by atoms with Gasteiger partial charge < -0.3 is 0 Å². The van der Waals surface area contributed by atoms with Crippen LogP contribution in [0.2, 0.25) is 0 Å². The van der Waals surface area contributed by atoms with Gasteiger partial charge in [-0.05, 0) is 63.1 Å². The van der Waals surface area contributed by atoms with Crippen LogP contribution in [0.15, 0.2) is 81.5 Å². The van der Waals surface area contributed by atoms with Crippen LogP contribution in [0.3, 0.4) is 0 Å². The normalized spacial score (nSPS) is 17.6. The fourth-order valence-corrected chi connectivity index (χ4v) is 4.42. The molecular weight excluding hydrogens is 248 g/mol. The standard InChI is InChI=1S/C18H21S/c1-3-11-16(4-2)19(17-12-7-5-8-13-17)18-14-9-6-10-15-18/h3-5,7-9,11-15H,6,10H2,1-2H3/q+1/b11-3-,16-4+. The Bertz CT molecular complexity index is 514. The minimum Gasteiger partial charge on any atom is -0.0827 e. The molecule has 0 bridgehead atoms. The smallest absolute Gasteiger partial charge is 0.0827 e. The lowest BCUT2D eigenvalue weighted by molar-refractivity contribution is 1.03. The quantitative estimate of drug-likeness (QED) is 0.508. The predicted octanol–water partition coefficient (Wildman–Crippen LogP) is 5.38. The highest BCUT2D eigenvalue weighted by molar-refractivity contribution is 8.04. The first-order chi connectivity index (χ1) is 9.36. The van der Waals surface area contributed by atoms with Crippen molar-refractivity contribution < 1.29 is 0 Å². The molecule has 2 rings (SSSR count). The molecule has 0 spiro atoms. The number of benzene rings is 1. The van der Waals surface area contributed by atoms with Crippen molar-refractivity contribution in [2.45, 2.75) is 31.6 Å². The molecule has 98 valence electrons. The lowest BCUT2D eigenvalue weighted by atomic mass is 10.2. The predicted molar refractivity (Wildman–Crippen MR) is 87.1 cm³/mol. The van der Waals surface area contributed by atoms with E-state index in [0.29, 0.717) is 0 Å². The molecule has 0 aliphatic heterocycles. The van der Waals surface area contributed by atoms with Crippen LogP contribution >= 0.6 is 0 Å². The summed E-state index contributed by atoms with van der Waals surface area (Å²) >= 11 is 0. The molecule has 1 unspecified atom stereocenters. The molecule has 0 N–H and O–H groups in total. The molecule has 1 atom stereocenters. The molecule has 0 heterocycles. The number of hydrogen-bond donors (Lipinski definition) is 0. The molecule has 1 aliphatic rings. The van der Waals surface area contributed by atoms with Gasteiger partial charge in [0.1, 0.15) is 0 Å². The van der Waals surface area contributed by atoms with Gasteiger partial charge in [0.15, 0.2) is 14.7 Å². The van der Waals surface area contributed by atoms with E-state index in [0.717, 1.165) is 6.42 Å². The van der Waals surface area contributed by atoms with E-state index in [4.69, 9.17) is 0 Å². The minimum atomic E-state index is 0.0366. The van der Waals surface area contributed by atoms with Crippen LogP contribution in [-0.2, 0) is 10.9 Å². The van der Waals surface area contributed by atoms with Gasteiger partial charge in [-0.2, -0.15) is 0 Å². The van der Waals surface area contributed by atoms with Gasteiger partial charge in [-0.15, -0.1) is 0 Å². The zero-order valence-electron chi connectivity index (χ0n) is 11.7. The van der Waals surface area contributed by atoms with Crippen molar-refractivity contribution in [1.29, 1.82) is 0 Å². The van der Waals surface area contributed by atoms with E-state index in [-0.39, 0.29) is 10.9 Å². The summed E-state index contributed by atoms with van der Waals surface area (Å²) in [7, 11) is 0.0366. The molecule has 19 heavy (non-hydrogen) atoms. The van der Waals surface area contributed by atoms with Crippen molar-refractivity contribution in [3.8, 4) is 0 Å². The Morgan fingerprint density at radius 3 is 2.47 bits per heavy atom. The number of rotatable bonds is 4. The Morgan fingerprint density at radius 2 is 1.89 bits per heavy atom. The highest BCUT2D eigenvalue weighted by Gasteiger charge is 2.30. The Kier molecular flexibility index (Phi) is 5.29. The van der Waals surface area contributed by atoms with Gasteiger partial charge in [0, 0.05) is 0 Å². The third kappa shape index (κ3) is 3.51. The molecule has 0 amide bonds. The lowest BCUT2D eigenvalue weighted by Gasteiger charge is -2.11. The fraction of sp³-hybridized carbons (Fsp3) is 0.222. The molecule has 0 aromatic heterocycles. The minimum absolute atomic E-state index is 0.0366. The van der Waals surface area contributed by atoms with E-state index < -0.39 is 0 Å². The maximum absolute atomic E-state index is 2.39. The van der Waals surface area contributed by atoms with Crippen LogP contribution in [0.25, 0.3) is 0 Å². The third-order valence-corrected chi connectivity index (χ3v) is 5.39. The van der Waals surface area contributed by atoms with Gasteiger partial charge in [-0.3, -0.25) is 0 Å². The van der Waals surface area contributed by atoms with Crippen LogP contribution in [0, 0.1) is 0 Å². The Hall–Kier alpha value is -1.47. The maximum Gasteiger partial charge on any atom is 0.166 e. The first-order valence-electron chi connectivity index (χ1n) is 6.82. The summed E-state index contributed by atoms with van der Waals surface area (Å²) < 4.78 is 0. The number of allylic oxidation sites excluding steroid dienone is 6. The average Bonchev–Trinajstić information content (AvgIpc) is 2.49. The summed E-state index contributed by atoms with van der Waals surface area (Å²) in [4.78, 5) is 4.24. The molecule has 1 aromatic carbocycles. The number of hydrogen-bond acceptors (Lipinski definition) is 0. The van der Waals surface area contributed by atoms with Crippen LogP contribution in [0.1, 0.15) is 26.7 Å². The Labute approximate surface area is 119 Å². The lowest BCUT2D eigenvalue weighted by Crippen LogP contribution is -2.08. The molecule has 0 nitrogen and oxygen atoms in total. The van der Waals surface area contributed by atoms with Gasteiger partial charge in [-0.25, -0.2) is 0 Å². The van der Waals surface area contributed by atoms with Crippen molar-refractivity contribution in [1.82, 2.24) is 0 Å². The first-order valence-corrected chi connectivity index (χ1v) is 8.04. The van der Waals surface area contributed by atoms with Gasteiger partial charge in [0.25, 0.3) is 0 Å². The molecule has 1 aromatic rings. The van der Waals surface area contributed by atoms with E-state index in [2.05, 4.69) is 80.6 Å². The van der Waals surface area contributed by atoms with E-state index in [9.17, 15) is 0 Å². The zero-order chi connectivity index (χ0) is 13.5. The van der Waals surface area contributed by atoms with Crippen LogP contribution in [0.5, 0.6) is 0 Å². The van der Waals surface area contributed by atoms with Crippen LogP contribution in [0.4, 0.5) is 0 Å². The first kappa shape index (κ1) is 14.0. The van der Waals surface area contributed by atoms with Gasteiger partial charge in [0.2, 0.25) is 0 Å². The Balaban J connectivity index is 2.44. The van der Waals surface area contributed by atoms with E-state index >= 15 is 0 Å². The molecule has 1 heteroatoms. The summed E-state index contributed by atoms with van der Waals surface area (Å²) in [5.74, 6) is 0. The van der Waals surface area contributed by atoms with Gasteiger partial charge >= 0.3 is 0 Å². The molecule has 0 saturated heterocycles. The monoisotopic (exact) mass is 269 g/mol. The van der Waals surface area contributed by atoms with Gasteiger partial charge in [-0.1, -0.05) is 30.4 Å². The fourth-order valence-electron chi connectivity index (χ4n) is 2.15. The van der Waals surface area contributed by atoms with Crippen LogP contribution in [-0.4, -0.2) is 0 Å². The topological polar surface area (TPSA) is 0 Å². The highest BCUT2D eigenvalue weighted by Crippen LogP contribution is 2.32. The van der Waals surface area contributed by atoms with E-state index in [1.54, 1.807) is 0 Å². The van der Waals surface area contributed by atoms with E-state index in [1.807, 2.05) is 0 Å². The van der Waals surface area contributed by atoms with Gasteiger partial charge in [0.05, 0.1) is 10.9 Å². The summed E-state index contributed by atoms with van der Waals surface area (Å²) in [5.41, 5.74) is 0. The average molecular weight is 269 g/mol. The molecule has 0 fully saturated rings. The molecular formula is C18H21S+. The summed E-state index contributed by atoms with van der Waals surface area (Å²) in [6, 6.07) is 10.8. The SMILES string of the molecule is C/C=C\C(=C/C)[S+](C1=CCCC=C1)c1ccccc1. The third-order valence-electron chi connectivity index (χ3n) is 3.03. The zero-order valence-corrected chi connectivity index (χ0v) is 12.5. The second-order valence-electron chi connectivity index (χ2n) is 4.40. The largest absolute Gasteiger partial charge is 0.166 e. The van der Waals surface area contributed by atoms with Crippen molar-refractivity contribution in [2.24, 2.45) is 0 Å². The molecule has 1 aliphatic carbocycles. The van der Waals surface area contributed by atoms with Crippen molar-refractivity contribution in [3.63, 3.8) is 0 Å². The second kappa shape index (κ2) is 7.20. The highest BCUT2D eigenvalue weighted by atomic mass is 32.2. The maximum atomic E-state index is 2.39. The van der Waals surface area contributed by atoms with Crippen LogP contribution < -0.4 is 0 Å². The summed E-state index contributed by atoms with van der Waals surface area (Å²) in [6.45, 7) is 4.21.